The fourth-order valence-electron chi connectivity index (χ4n) is 3.74. The Morgan fingerprint density at radius 3 is 2.71 bits per heavy atom. The summed E-state index contributed by atoms with van der Waals surface area (Å²) >= 11 is 0. The number of ether oxygens (including phenoxy) is 1. The molecule has 1 heterocycles. The fraction of sp³-hybridized carbons (Fsp3) is 0.391. The van der Waals surface area contributed by atoms with Gasteiger partial charge >= 0.3 is 0 Å². The van der Waals surface area contributed by atoms with E-state index >= 15 is 0 Å². The van der Waals surface area contributed by atoms with Crippen molar-refractivity contribution in [2.75, 3.05) is 18.5 Å². The maximum atomic E-state index is 12.2. The van der Waals surface area contributed by atoms with Gasteiger partial charge in [0, 0.05) is 30.5 Å². The van der Waals surface area contributed by atoms with E-state index in [2.05, 4.69) is 34.9 Å². The highest BCUT2D eigenvalue weighted by atomic mass is 16.5. The number of hydrogen-bond acceptors (Lipinski definition) is 3. The Morgan fingerprint density at radius 2 is 1.93 bits per heavy atom. The molecule has 2 amide bonds. The van der Waals surface area contributed by atoms with E-state index in [0.29, 0.717) is 32.4 Å². The number of amides is 2. The zero-order valence-corrected chi connectivity index (χ0v) is 16.0. The van der Waals surface area contributed by atoms with Crippen LogP contribution in [0.5, 0.6) is 5.75 Å². The van der Waals surface area contributed by atoms with Crippen LogP contribution in [0.2, 0.25) is 0 Å². The van der Waals surface area contributed by atoms with Crippen molar-refractivity contribution in [3.63, 3.8) is 0 Å². The third-order valence-corrected chi connectivity index (χ3v) is 5.65. The van der Waals surface area contributed by atoms with Gasteiger partial charge in [0.15, 0.2) is 0 Å². The lowest BCUT2D eigenvalue weighted by Gasteiger charge is -2.18. The van der Waals surface area contributed by atoms with Crippen LogP contribution in [0.1, 0.15) is 43.2 Å². The molecule has 146 valence electrons. The van der Waals surface area contributed by atoms with Gasteiger partial charge in [-0.3, -0.25) is 9.59 Å². The lowest BCUT2D eigenvalue weighted by atomic mass is 9.96. The van der Waals surface area contributed by atoms with Crippen molar-refractivity contribution in [2.45, 2.75) is 43.9 Å². The summed E-state index contributed by atoms with van der Waals surface area (Å²) in [6.07, 6.45) is 4.67. The van der Waals surface area contributed by atoms with Gasteiger partial charge < -0.3 is 15.4 Å². The first-order valence-electron chi connectivity index (χ1n) is 10.0. The third kappa shape index (κ3) is 4.35. The first-order chi connectivity index (χ1) is 13.6. The highest BCUT2D eigenvalue weighted by Gasteiger charge is 2.44. The van der Waals surface area contributed by atoms with Crippen molar-refractivity contribution in [1.82, 2.24) is 5.32 Å². The molecule has 2 aliphatic rings. The highest BCUT2D eigenvalue weighted by molar-refractivity contribution is 5.94. The molecule has 0 unspecified atom stereocenters. The minimum absolute atomic E-state index is 0.0624. The summed E-state index contributed by atoms with van der Waals surface area (Å²) in [5.74, 6) is 0.933. The normalized spacial score (nSPS) is 16.6. The number of carbonyl (C=O) groups is 2. The van der Waals surface area contributed by atoms with E-state index in [-0.39, 0.29) is 17.2 Å². The van der Waals surface area contributed by atoms with Crippen LogP contribution in [-0.2, 0) is 21.4 Å². The Kier molecular flexibility index (Phi) is 5.33. The van der Waals surface area contributed by atoms with E-state index in [1.807, 2.05) is 24.3 Å². The molecule has 1 aliphatic carbocycles. The molecule has 0 bridgehead atoms. The summed E-state index contributed by atoms with van der Waals surface area (Å²) < 4.78 is 5.78. The predicted molar refractivity (Wildman–Crippen MR) is 108 cm³/mol. The summed E-state index contributed by atoms with van der Waals surface area (Å²) in [6.45, 7) is 1.22. The Hall–Kier alpha value is -2.82. The molecule has 5 heteroatoms. The molecule has 0 atom stereocenters. The van der Waals surface area contributed by atoms with E-state index < -0.39 is 0 Å². The number of fused-ring (bicyclic) bond motifs is 1. The van der Waals surface area contributed by atoms with Crippen LogP contribution in [0.3, 0.4) is 0 Å². The van der Waals surface area contributed by atoms with E-state index in [0.717, 1.165) is 36.3 Å². The van der Waals surface area contributed by atoms with Crippen LogP contribution in [0.15, 0.2) is 48.5 Å². The standard InChI is InChI=1S/C23H26N2O3/c26-21(24-16-23(12-13-23)18-5-2-1-3-6-18)7-4-14-28-19-9-10-20-17(15-19)8-11-22(27)25-20/h1-3,5-6,9-10,15H,4,7-8,11-14,16H2,(H,24,26)(H,25,27). The average Bonchev–Trinajstić information content (AvgIpc) is 3.52. The molecule has 1 aliphatic heterocycles. The van der Waals surface area contributed by atoms with Crippen molar-refractivity contribution in [1.29, 1.82) is 0 Å². The molecular weight excluding hydrogens is 352 g/mol. The predicted octanol–water partition coefficient (Wildman–Crippen LogP) is 3.58. The maximum Gasteiger partial charge on any atom is 0.224 e. The summed E-state index contributed by atoms with van der Waals surface area (Å²) in [7, 11) is 0. The summed E-state index contributed by atoms with van der Waals surface area (Å²) in [4.78, 5) is 23.6. The maximum absolute atomic E-state index is 12.2. The second kappa shape index (κ2) is 8.05. The number of rotatable bonds is 8. The lowest BCUT2D eigenvalue weighted by Crippen LogP contribution is -2.32. The van der Waals surface area contributed by atoms with Gasteiger partial charge in [-0.15, -0.1) is 0 Å². The molecule has 1 saturated carbocycles. The molecule has 2 N–H and O–H groups in total. The first-order valence-corrected chi connectivity index (χ1v) is 10.0. The zero-order valence-electron chi connectivity index (χ0n) is 16.0. The van der Waals surface area contributed by atoms with Gasteiger partial charge in [-0.25, -0.2) is 0 Å². The second-order valence-electron chi connectivity index (χ2n) is 7.74. The molecule has 0 radical (unpaired) electrons. The van der Waals surface area contributed by atoms with Gasteiger partial charge in [0.05, 0.1) is 6.61 Å². The van der Waals surface area contributed by atoms with Crippen molar-refractivity contribution in [3.05, 3.63) is 59.7 Å². The molecule has 5 nitrogen and oxygen atoms in total. The molecule has 0 saturated heterocycles. The fourth-order valence-corrected chi connectivity index (χ4v) is 3.74. The lowest BCUT2D eigenvalue weighted by molar-refractivity contribution is -0.121. The third-order valence-electron chi connectivity index (χ3n) is 5.65. The average molecular weight is 378 g/mol. The monoisotopic (exact) mass is 378 g/mol. The Bertz CT molecular complexity index is 859. The van der Waals surface area contributed by atoms with Crippen molar-refractivity contribution in [2.24, 2.45) is 0 Å². The summed E-state index contributed by atoms with van der Waals surface area (Å²) in [5, 5.41) is 5.96. The number of aryl methyl sites for hydroxylation is 1. The summed E-state index contributed by atoms with van der Waals surface area (Å²) in [6, 6.07) is 16.2. The number of carbonyl (C=O) groups excluding carboxylic acids is 2. The van der Waals surface area contributed by atoms with Gasteiger partial charge in [0.25, 0.3) is 0 Å². The number of anilines is 1. The Labute approximate surface area is 165 Å². The van der Waals surface area contributed by atoms with Gasteiger partial charge in [0.1, 0.15) is 5.75 Å². The minimum Gasteiger partial charge on any atom is -0.494 e. The van der Waals surface area contributed by atoms with Gasteiger partial charge in [0.2, 0.25) is 11.8 Å². The highest BCUT2D eigenvalue weighted by Crippen LogP contribution is 2.47. The van der Waals surface area contributed by atoms with Crippen LogP contribution < -0.4 is 15.4 Å². The van der Waals surface area contributed by atoms with Crippen LogP contribution in [0.4, 0.5) is 5.69 Å². The van der Waals surface area contributed by atoms with E-state index in [1.165, 1.54) is 5.56 Å². The molecule has 1 fully saturated rings. The summed E-state index contributed by atoms with van der Waals surface area (Å²) in [5.41, 5.74) is 3.44. The molecule has 28 heavy (non-hydrogen) atoms. The SMILES string of the molecule is O=C(CCCOc1ccc2c(c1)CCC(=O)N2)NCC1(c2ccccc2)CC1. The zero-order chi connectivity index (χ0) is 19.4. The molecular formula is C23H26N2O3. The van der Waals surface area contributed by atoms with E-state index in [4.69, 9.17) is 4.74 Å². The van der Waals surface area contributed by atoms with E-state index in [9.17, 15) is 9.59 Å². The Morgan fingerprint density at radius 1 is 1.11 bits per heavy atom. The largest absolute Gasteiger partial charge is 0.494 e. The molecule has 4 rings (SSSR count). The molecule has 0 aromatic heterocycles. The number of hydrogen-bond donors (Lipinski definition) is 2. The van der Waals surface area contributed by atoms with Crippen molar-refractivity contribution < 1.29 is 14.3 Å². The first kappa shape index (κ1) is 18.5. The minimum atomic E-state index is 0.0624. The van der Waals surface area contributed by atoms with Crippen molar-refractivity contribution in [3.8, 4) is 5.75 Å². The number of nitrogens with one attached hydrogen (secondary N) is 2. The van der Waals surface area contributed by atoms with Crippen LogP contribution in [0.25, 0.3) is 0 Å². The topological polar surface area (TPSA) is 67.4 Å². The molecule has 2 aromatic carbocycles. The molecule has 2 aromatic rings. The van der Waals surface area contributed by atoms with Gasteiger partial charge in [-0.05, 0) is 55.0 Å². The van der Waals surface area contributed by atoms with Crippen LogP contribution in [-0.4, -0.2) is 25.0 Å². The Balaban J connectivity index is 1.18. The quantitative estimate of drug-likeness (QED) is 0.690. The van der Waals surface area contributed by atoms with Crippen LogP contribution in [0, 0.1) is 0 Å². The van der Waals surface area contributed by atoms with E-state index in [1.54, 1.807) is 0 Å². The smallest absolute Gasteiger partial charge is 0.224 e. The van der Waals surface area contributed by atoms with Crippen LogP contribution >= 0.6 is 0 Å². The second-order valence-corrected chi connectivity index (χ2v) is 7.74. The van der Waals surface area contributed by atoms with Gasteiger partial charge in [-0.1, -0.05) is 30.3 Å². The van der Waals surface area contributed by atoms with Gasteiger partial charge in [-0.2, -0.15) is 0 Å². The number of benzene rings is 2. The van der Waals surface area contributed by atoms with Crippen molar-refractivity contribution >= 4 is 17.5 Å². The molecule has 0 spiro atoms.